The van der Waals surface area contributed by atoms with Gasteiger partial charge >= 0.3 is 0 Å². The third-order valence-electron chi connectivity index (χ3n) is 4.16. The first-order chi connectivity index (χ1) is 13.9. The molecule has 0 saturated heterocycles. The molecular formula is C20H13F2IN4O2. The highest BCUT2D eigenvalue weighted by molar-refractivity contribution is 14.1. The van der Waals surface area contributed by atoms with Crippen LogP contribution >= 0.6 is 22.6 Å². The number of aromatic nitrogens is 2. The van der Waals surface area contributed by atoms with E-state index in [-0.39, 0.29) is 22.7 Å². The predicted octanol–water partition coefficient (Wildman–Crippen LogP) is 5.08. The molecule has 0 aliphatic heterocycles. The minimum Gasteiger partial charge on any atom is -0.456 e. The summed E-state index contributed by atoms with van der Waals surface area (Å²) in [5, 5.41) is 10.3. The molecule has 9 heteroatoms. The molecule has 0 atom stereocenters. The number of halogens is 3. The monoisotopic (exact) mass is 506 g/mol. The van der Waals surface area contributed by atoms with E-state index in [1.165, 1.54) is 12.1 Å². The molecule has 1 aromatic heterocycles. The van der Waals surface area contributed by atoms with Crippen molar-refractivity contribution in [1.82, 2.24) is 10.2 Å². The summed E-state index contributed by atoms with van der Waals surface area (Å²) in [6, 6.07) is 11.6. The Hall–Kier alpha value is -3.21. The van der Waals surface area contributed by atoms with Gasteiger partial charge in [0.25, 0.3) is 5.91 Å². The Morgan fingerprint density at radius 2 is 1.93 bits per heavy atom. The van der Waals surface area contributed by atoms with Crippen molar-refractivity contribution < 1.29 is 18.3 Å². The van der Waals surface area contributed by atoms with Crippen LogP contribution in [0, 0.1) is 15.2 Å². The highest BCUT2D eigenvalue weighted by atomic mass is 127. The van der Waals surface area contributed by atoms with E-state index < -0.39 is 17.5 Å². The highest BCUT2D eigenvalue weighted by Crippen LogP contribution is 2.34. The quantitative estimate of drug-likeness (QED) is 0.329. The molecule has 4 N–H and O–H groups in total. The van der Waals surface area contributed by atoms with Crippen LogP contribution in [0.2, 0.25) is 0 Å². The van der Waals surface area contributed by atoms with E-state index in [1.807, 2.05) is 22.6 Å². The van der Waals surface area contributed by atoms with Gasteiger partial charge in [0, 0.05) is 21.1 Å². The number of nitrogens with zero attached hydrogens (tertiary/aromatic N) is 1. The van der Waals surface area contributed by atoms with E-state index in [2.05, 4.69) is 15.5 Å². The minimum absolute atomic E-state index is 0.00442. The van der Waals surface area contributed by atoms with Gasteiger partial charge in [0.1, 0.15) is 28.7 Å². The number of ether oxygens (including phenoxy) is 1. The molecule has 6 nitrogen and oxygen atoms in total. The van der Waals surface area contributed by atoms with E-state index in [1.54, 1.807) is 30.5 Å². The van der Waals surface area contributed by atoms with Gasteiger partial charge in [-0.15, -0.1) is 0 Å². The van der Waals surface area contributed by atoms with Crippen LogP contribution in [0.5, 0.6) is 11.5 Å². The molecule has 1 amide bonds. The molecule has 0 saturated carbocycles. The zero-order chi connectivity index (χ0) is 20.5. The van der Waals surface area contributed by atoms with Crippen LogP contribution in [-0.2, 0) is 0 Å². The van der Waals surface area contributed by atoms with Gasteiger partial charge in [-0.05, 0) is 59.0 Å². The van der Waals surface area contributed by atoms with Gasteiger partial charge in [-0.25, -0.2) is 8.78 Å². The lowest BCUT2D eigenvalue weighted by Gasteiger charge is -2.16. The molecule has 3 aromatic carbocycles. The lowest BCUT2D eigenvalue weighted by atomic mass is 10.1. The minimum atomic E-state index is -0.851. The SMILES string of the molecule is NC(=O)c1c(Nc2ccc(I)cc2F)cc(F)cc1Oc1ccc2cn[nH]c2c1. The fraction of sp³-hybridized carbons (Fsp3) is 0. The first-order valence-electron chi connectivity index (χ1n) is 8.37. The molecule has 4 aromatic rings. The predicted molar refractivity (Wildman–Crippen MR) is 113 cm³/mol. The number of hydrogen-bond donors (Lipinski definition) is 3. The van der Waals surface area contributed by atoms with Crippen LogP contribution in [0.4, 0.5) is 20.2 Å². The molecule has 0 aliphatic carbocycles. The number of carbonyl (C=O) groups excluding carboxylic acids is 1. The summed E-state index contributed by atoms with van der Waals surface area (Å²) in [5.41, 5.74) is 6.19. The zero-order valence-corrected chi connectivity index (χ0v) is 16.8. The summed E-state index contributed by atoms with van der Waals surface area (Å²) >= 11 is 1.97. The number of fused-ring (bicyclic) bond motifs is 1. The highest BCUT2D eigenvalue weighted by Gasteiger charge is 2.19. The number of H-pyrrole nitrogens is 1. The van der Waals surface area contributed by atoms with Crippen molar-refractivity contribution in [2.45, 2.75) is 0 Å². The average molecular weight is 506 g/mol. The van der Waals surface area contributed by atoms with Crippen LogP contribution < -0.4 is 15.8 Å². The van der Waals surface area contributed by atoms with Crippen molar-refractivity contribution in [3.8, 4) is 11.5 Å². The van der Waals surface area contributed by atoms with Gasteiger partial charge in [-0.1, -0.05) is 0 Å². The third-order valence-corrected chi connectivity index (χ3v) is 4.83. The summed E-state index contributed by atoms with van der Waals surface area (Å²) in [4.78, 5) is 12.1. The summed E-state index contributed by atoms with van der Waals surface area (Å²) in [6.07, 6.45) is 1.65. The van der Waals surface area contributed by atoms with Gasteiger partial charge in [-0.3, -0.25) is 9.89 Å². The van der Waals surface area contributed by atoms with E-state index in [0.717, 1.165) is 17.5 Å². The fourth-order valence-corrected chi connectivity index (χ4v) is 3.31. The summed E-state index contributed by atoms with van der Waals surface area (Å²) in [7, 11) is 0. The second-order valence-electron chi connectivity index (χ2n) is 6.16. The van der Waals surface area contributed by atoms with Crippen LogP contribution in [0.15, 0.2) is 54.7 Å². The van der Waals surface area contributed by atoms with Gasteiger partial charge in [0.15, 0.2) is 0 Å². The number of hydrogen-bond acceptors (Lipinski definition) is 4. The number of primary amides is 1. The average Bonchev–Trinajstić information content (AvgIpc) is 3.11. The molecule has 0 bridgehead atoms. The Morgan fingerprint density at radius 3 is 2.69 bits per heavy atom. The molecule has 0 aliphatic rings. The number of benzene rings is 3. The summed E-state index contributed by atoms with van der Waals surface area (Å²) < 4.78 is 34.9. The Bertz CT molecular complexity index is 1240. The maximum Gasteiger partial charge on any atom is 0.254 e. The first-order valence-corrected chi connectivity index (χ1v) is 9.45. The number of carbonyl (C=O) groups is 1. The van der Waals surface area contributed by atoms with Crippen molar-refractivity contribution in [2.24, 2.45) is 5.73 Å². The third kappa shape index (κ3) is 3.99. The maximum absolute atomic E-state index is 14.3. The van der Waals surface area contributed by atoms with Crippen molar-refractivity contribution in [3.05, 3.63) is 75.5 Å². The van der Waals surface area contributed by atoms with Crippen LogP contribution in [-0.4, -0.2) is 16.1 Å². The molecule has 0 radical (unpaired) electrons. The van der Waals surface area contributed by atoms with E-state index in [0.29, 0.717) is 14.8 Å². The second-order valence-corrected chi connectivity index (χ2v) is 7.41. The molecule has 29 heavy (non-hydrogen) atoms. The van der Waals surface area contributed by atoms with Crippen molar-refractivity contribution in [1.29, 1.82) is 0 Å². The van der Waals surface area contributed by atoms with Crippen molar-refractivity contribution in [2.75, 3.05) is 5.32 Å². The molecule has 0 fully saturated rings. The van der Waals surface area contributed by atoms with Gasteiger partial charge < -0.3 is 15.8 Å². The number of anilines is 2. The number of nitrogens with two attached hydrogens (primary N) is 1. The van der Waals surface area contributed by atoms with Gasteiger partial charge in [-0.2, -0.15) is 5.10 Å². The Balaban J connectivity index is 1.76. The fourth-order valence-electron chi connectivity index (χ4n) is 2.86. The number of rotatable bonds is 5. The molecular weight excluding hydrogens is 493 g/mol. The maximum atomic E-state index is 14.3. The largest absolute Gasteiger partial charge is 0.456 e. The van der Waals surface area contributed by atoms with E-state index in [4.69, 9.17) is 10.5 Å². The van der Waals surface area contributed by atoms with E-state index >= 15 is 0 Å². The van der Waals surface area contributed by atoms with Crippen molar-refractivity contribution in [3.63, 3.8) is 0 Å². The zero-order valence-electron chi connectivity index (χ0n) is 14.7. The van der Waals surface area contributed by atoms with Crippen LogP contribution in [0.3, 0.4) is 0 Å². The number of nitrogens with one attached hydrogen (secondary N) is 2. The lowest BCUT2D eigenvalue weighted by Crippen LogP contribution is -2.15. The molecule has 4 rings (SSSR count). The lowest BCUT2D eigenvalue weighted by molar-refractivity contribution is 0.0999. The number of aromatic amines is 1. The molecule has 1 heterocycles. The number of amides is 1. The molecule has 146 valence electrons. The van der Waals surface area contributed by atoms with Gasteiger partial charge in [0.05, 0.1) is 23.1 Å². The molecule has 0 unspecified atom stereocenters. The summed E-state index contributed by atoms with van der Waals surface area (Å²) in [5.74, 6) is -1.83. The Morgan fingerprint density at radius 1 is 1.10 bits per heavy atom. The Kier molecular flexibility index (Phi) is 5.05. The van der Waals surface area contributed by atoms with Gasteiger partial charge in [0.2, 0.25) is 0 Å². The van der Waals surface area contributed by atoms with Crippen LogP contribution in [0.25, 0.3) is 10.9 Å². The molecule has 0 spiro atoms. The summed E-state index contributed by atoms with van der Waals surface area (Å²) in [6.45, 7) is 0. The smallest absolute Gasteiger partial charge is 0.254 e. The Labute approximate surface area is 177 Å². The van der Waals surface area contributed by atoms with Crippen LogP contribution in [0.1, 0.15) is 10.4 Å². The normalized spacial score (nSPS) is 10.9. The first kappa shape index (κ1) is 19.1. The van der Waals surface area contributed by atoms with E-state index in [9.17, 15) is 13.6 Å². The standard InChI is InChI=1S/C20H13F2IN4O2/c21-11-5-17(26-15-4-2-12(23)7-14(15)22)19(20(24)28)18(6-11)29-13-3-1-10-9-25-27-16(10)8-13/h1-9,26H,(H2,24,28)(H,25,27). The van der Waals surface area contributed by atoms with Crippen molar-refractivity contribution >= 4 is 50.8 Å². The second kappa shape index (κ2) is 7.66. The topological polar surface area (TPSA) is 93.0 Å².